The standard InChI is InChI=1S/C21H21Cl2N3O4.C21H23ClN4O5.C18H19ClN4O5.3CH4.ClH/c1-20(2)29-16-19(26-9-8-13-17(23)24-10-25-18(13)26)28-15(21(16,3)30-20)14(27)11-4-6-12(22)7-5-11;1-20(2)30-16-19(26-9-8-13-17(25-28)23-10-24-18(13)26)29-15(21(16,3)31-20)14(27)11-4-6-12(22)7-5-11;1-18(26)13(25)17(23-7-6-11-15(22-27)20-8-21-16(11)23)28-14(18)12(24)9-2-4-10(19)5-3-9;;;;/h4-10,14-16,19,27H,1-3H3;4-10,14-16,19,27-28H,1-3H3,(H,23,24,25);2-8,12-14,17,24-27H,1H3,(H,20,21,22);3*1H4;1H/t2*14-,15-,16+,19-,21-;12-,13+,14-,17-,18+;;;;/m111..../s1. The Bertz CT molecular complexity index is 4040. The Morgan fingerprint density at radius 2 is 0.785 bits per heavy atom. The van der Waals surface area contributed by atoms with E-state index in [0.717, 1.165) is 0 Å². The maximum Gasteiger partial charge on any atom is 0.165 e. The molecule has 5 aliphatic rings. The van der Waals surface area contributed by atoms with Crippen LogP contribution in [0.5, 0.6) is 0 Å². The van der Waals surface area contributed by atoms with E-state index in [-0.39, 0.29) is 46.3 Å². The zero-order valence-electron chi connectivity index (χ0n) is 49.0. The van der Waals surface area contributed by atoms with Crippen molar-refractivity contribution in [1.29, 1.82) is 0 Å². The van der Waals surface area contributed by atoms with Crippen LogP contribution in [0, 0.1) is 0 Å². The van der Waals surface area contributed by atoms with E-state index in [9.17, 15) is 35.9 Å². The van der Waals surface area contributed by atoms with Gasteiger partial charge in [0.2, 0.25) is 0 Å². The summed E-state index contributed by atoms with van der Waals surface area (Å²) in [5.41, 5.74) is 3.88. The number of nitrogens with zero attached hydrogens (tertiary/aromatic N) is 9. The Labute approximate surface area is 562 Å². The van der Waals surface area contributed by atoms with Gasteiger partial charge in [0.05, 0.1) is 16.2 Å². The highest BCUT2D eigenvalue weighted by Gasteiger charge is 2.67. The van der Waals surface area contributed by atoms with Crippen molar-refractivity contribution < 1.29 is 69.1 Å². The summed E-state index contributed by atoms with van der Waals surface area (Å²) in [6, 6.07) is 25.8. The lowest BCUT2D eigenvalue weighted by Crippen LogP contribution is -2.47. The molecule has 5 aliphatic heterocycles. The van der Waals surface area contributed by atoms with Gasteiger partial charge in [-0.3, -0.25) is 21.4 Å². The van der Waals surface area contributed by atoms with E-state index in [1.165, 1.54) is 30.5 Å². The molecule has 3 aromatic carbocycles. The van der Waals surface area contributed by atoms with Gasteiger partial charge < -0.3 is 72.4 Å². The quantitative estimate of drug-likeness (QED) is 0.0429. The van der Waals surface area contributed by atoms with Crippen molar-refractivity contribution in [3.05, 3.63) is 165 Å². The molecule has 0 bridgehead atoms. The lowest BCUT2D eigenvalue weighted by Gasteiger charge is -2.32. The summed E-state index contributed by atoms with van der Waals surface area (Å²) in [7, 11) is 0. The van der Waals surface area contributed by atoms with Crippen LogP contribution in [-0.4, -0.2) is 145 Å². The normalized spacial score (nSPS) is 28.8. The molecule has 0 amide bonds. The number of benzene rings is 3. The fraction of sp³-hybridized carbons (Fsp3) is 0.429. The van der Waals surface area contributed by atoms with E-state index in [0.29, 0.717) is 70.0 Å². The van der Waals surface area contributed by atoms with E-state index in [1.54, 1.807) is 102 Å². The number of ether oxygens (including phenoxy) is 7. The predicted octanol–water partition coefficient (Wildman–Crippen LogP) is 11.7. The summed E-state index contributed by atoms with van der Waals surface area (Å²) in [6.07, 6.45) is -0.984. The van der Waals surface area contributed by atoms with Crippen LogP contribution in [-0.2, 0) is 33.2 Å². The maximum atomic E-state index is 11.2. The van der Waals surface area contributed by atoms with E-state index < -0.39 is 102 Å². The number of fused-ring (bicyclic) bond motifs is 5. The minimum Gasteiger partial charge on any atom is -0.386 e. The van der Waals surface area contributed by atoms with Crippen LogP contribution in [0.3, 0.4) is 0 Å². The molecule has 30 heteroatoms. The zero-order chi connectivity index (χ0) is 63.3. The molecule has 0 aliphatic carbocycles. The minimum atomic E-state index is -1.74. The highest BCUT2D eigenvalue weighted by Crippen LogP contribution is 2.56. The molecule has 6 aromatic heterocycles. The highest BCUT2D eigenvalue weighted by molar-refractivity contribution is 6.34. The number of halogens is 5. The number of aliphatic hydroxyl groups excluding tert-OH is 4. The molecule has 5 fully saturated rings. The lowest BCUT2D eigenvalue weighted by molar-refractivity contribution is -0.223. The van der Waals surface area contributed by atoms with Gasteiger partial charge in [0.1, 0.15) is 113 Å². The average molecular weight is 1390 g/mol. The number of aliphatic hydroxyl groups is 5. The molecule has 0 radical (unpaired) electrons. The van der Waals surface area contributed by atoms with Crippen molar-refractivity contribution in [1.82, 2.24) is 43.6 Å². The van der Waals surface area contributed by atoms with Gasteiger partial charge in [-0.25, -0.2) is 29.9 Å². The first-order valence-corrected chi connectivity index (χ1v) is 29.6. The van der Waals surface area contributed by atoms with E-state index >= 15 is 0 Å². The zero-order valence-corrected chi connectivity index (χ0v) is 52.8. The molecular formula is C63H76Cl5N11O14. The molecule has 9 N–H and O–H groups in total. The van der Waals surface area contributed by atoms with E-state index in [4.69, 9.17) is 79.6 Å². The lowest BCUT2D eigenvalue weighted by atomic mass is 9.88. The van der Waals surface area contributed by atoms with Crippen LogP contribution >= 0.6 is 58.8 Å². The van der Waals surface area contributed by atoms with Gasteiger partial charge in [-0.15, -0.1) is 12.4 Å². The van der Waals surface area contributed by atoms with Crippen LogP contribution in [0.25, 0.3) is 33.1 Å². The van der Waals surface area contributed by atoms with Crippen LogP contribution in [0.15, 0.2) is 129 Å². The second kappa shape index (κ2) is 27.6. The number of rotatable bonds is 11. The number of hydrogen-bond acceptors (Lipinski definition) is 22. The second-order valence-electron chi connectivity index (χ2n) is 23.7. The third-order valence-electron chi connectivity index (χ3n) is 16.8. The number of nitrogens with one attached hydrogen (secondary N) is 2. The Kier molecular flexibility index (Phi) is 21.6. The molecule has 11 heterocycles. The topological polar surface area (TPSA) is 322 Å². The predicted molar refractivity (Wildman–Crippen MR) is 350 cm³/mol. The van der Waals surface area contributed by atoms with Gasteiger partial charge in [0.15, 0.2) is 41.9 Å². The molecular weight excluding hydrogens is 1310 g/mol. The van der Waals surface area contributed by atoms with Gasteiger partial charge in [0, 0.05) is 33.7 Å². The van der Waals surface area contributed by atoms with E-state index in [2.05, 4.69) is 35.4 Å². The van der Waals surface area contributed by atoms with Crippen molar-refractivity contribution in [3.8, 4) is 0 Å². The summed E-state index contributed by atoms with van der Waals surface area (Å²) in [5, 5.41) is 77.3. The number of aromatic nitrogens is 9. The Balaban J connectivity index is 0.000000176. The van der Waals surface area contributed by atoms with Crippen molar-refractivity contribution in [2.75, 3.05) is 11.0 Å². The maximum absolute atomic E-state index is 11.2. The number of anilines is 2. The first-order valence-electron chi connectivity index (χ1n) is 28.1. The molecule has 0 saturated carbocycles. The molecule has 502 valence electrons. The summed E-state index contributed by atoms with van der Waals surface area (Å²) >= 11 is 24.1. The fourth-order valence-corrected chi connectivity index (χ4v) is 13.3. The Morgan fingerprint density at radius 1 is 0.462 bits per heavy atom. The highest BCUT2D eigenvalue weighted by atomic mass is 35.5. The molecule has 5 saturated heterocycles. The summed E-state index contributed by atoms with van der Waals surface area (Å²) in [6.45, 7) is 12.6. The molecule has 14 rings (SSSR count). The Hall–Kier alpha value is -5.99. The summed E-state index contributed by atoms with van der Waals surface area (Å²) in [4.78, 5) is 24.9. The molecule has 25 nitrogen and oxygen atoms in total. The third-order valence-corrected chi connectivity index (χ3v) is 17.9. The molecule has 9 aromatic rings. The fourth-order valence-electron chi connectivity index (χ4n) is 12.7. The molecule has 93 heavy (non-hydrogen) atoms. The average Bonchev–Trinajstić information content (AvgIpc) is 1.57. The minimum absolute atomic E-state index is 0. The van der Waals surface area contributed by atoms with Crippen molar-refractivity contribution in [2.24, 2.45) is 0 Å². The van der Waals surface area contributed by atoms with Crippen LogP contribution < -0.4 is 11.0 Å². The number of hydrogen-bond donors (Lipinski definition) is 9. The third kappa shape index (κ3) is 13.1. The first kappa shape index (κ1) is 72.8. The van der Waals surface area contributed by atoms with Gasteiger partial charge in [-0.05, 0) is 120 Å². The van der Waals surface area contributed by atoms with Crippen molar-refractivity contribution >= 4 is 104 Å². The van der Waals surface area contributed by atoms with Crippen LogP contribution in [0.2, 0.25) is 20.2 Å². The largest absolute Gasteiger partial charge is 0.386 e. The van der Waals surface area contributed by atoms with Crippen molar-refractivity contribution in [3.63, 3.8) is 0 Å². The molecule has 0 unspecified atom stereocenters. The van der Waals surface area contributed by atoms with E-state index in [1.807, 2.05) is 63.9 Å². The summed E-state index contributed by atoms with van der Waals surface area (Å²) in [5.74, 6) is -1.23. The van der Waals surface area contributed by atoms with Gasteiger partial charge >= 0.3 is 0 Å². The SMILES string of the molecule is C.C.C.CC1(C)O[C@H]2[C@H](n3ccc4c(Cl)ncnc43)O[C@H]([C@H](O)c3ccc(Cl)cc3)[C@@]2(C)O1.CC1(C)O[C@H]2[C@H](n3ccc4c(NO)ncnc43)O[C@H]([C@H](O)c3ccc(Cl)cc3)[C@@]2(C)O1.C[C@@]1(O)[C@@H]([C@H](O)c2ccc(Cl)cc2)O[C@@H](n2ccc3c(NO)ncnc32)[C@@H]1O.Cl. The molecule has 0 spiro atoms. The summed E-state index contributed by atoms with van der Waals surface area (Å²) < 4.78 is 48.9. The van der Waals surface area contributed by atoms with Gasteiger partial charge in [-0.1, -0.05) is 105 Å². The second-order valence-corrected chi connectivity index (χ2v) is 25.3. The van der Waals surface area contributed by atoms with Crippen LogP contribution in [0.4, 0.5) is 11.6 Å². The smallest absolute Gasteiger partial charge is 0.165 e. The van der Waals surface area contributed by atoms with Crippen molar-refractivity contribution in [2.45, 2.75) is 173 Å². The van der Waals surface area contributed by atoms with Crippen LogP contribution in [0.1, 0.15) is 124 Å². The Morgan fingerprint density at radius 3 is 1.16 bits per heavy atom. The van der Waals surface area contributed by atoms with Gasteiger partial charge in [-0.2, -0.15) is 0 Å². The molecule has 15 atom stereocenters. The van der Waals surface area contributed by atoms with Gasteiger partial charge in [0.25, 0.3) is 0 Å². The monoisotopic (exact) mass is 1390 g/mol. The first-order chi connectivity index (χ1) is 42.3.